The molecule has 0 amide bonds. The number of rotatable bonds is 0. The molecule has 2 atom stereocenters. The van der Waals surface area contributed by atoms with Gasteiger partial charge in [-0.2, -0.15) is 0 Å². The quantitative estimate of drug-likeness (QED) is 0.389. The molecule has 0 heterocycles. The van der Waals surface area contributed by atoms with Crippen LogP contribution in [0.15, 0.2) is 12.2 Å². The summed E-state index contributed by atoms with van der Waals surface area (Å²) in [5.74, 6) is 0. The molecule has 0 aromatic rings. The standard InChI is InChI=1S/C6H9ClO/c7-5-3-1-2-4-6(5)8/h1-2,5-6,8H,3-4H2. The van der Waals surface area contributed by atoms with E-state index in [4.69, 9.17) is 16.7 Å². The lowest BCUT2D eigenvalue weighted by Gasteiger charge is -2.16. The van der Waals surface area contributed by atoms with E-state index in [1.165, 1.54) is 0 Å². The Labute approximate surface area is 54.0 Å². The Morgan fingerprint density at radius 3 is 2.38 bits per heavy atom. The normalized spacial score (nSPS) is 37.8. The molecule has 2 unspecified atom stereocenters. The van der Waals surface area contributed by atoms with Crippen LogP contribution in [0.3, 0.4) is 0 Å². The van der Waals surface area contributed by atoms with Gasteiger partial charge in [-0.25, -0.2) is 0 Å². The molecular formula is C6H9ClO. The summed E-state index contributed by atoms with van der Waals surface area (Å²) >= 11 is 5.67. The zero-order valence-corrected chi connectivity index (χ0v) is 5.30. The molecule has 0 spiro atoms. The van der Waals surface area contributed by atoms with E-state index in [1.807, 2.05) is 12.2 Å². The van der Waals surface area contributed by atoms with E-state index in [0.29, 0.717) is 6.42 Å². The Morgan fingerprint density at radius 1 is 1.38 bits per heavy atom. The fraction of sp³-hybridized carbons (Fsp3) is 0.667. The second kappa shape index (κ2) is 2.51. The molecule has 0 aromatic heterocycles. The smallest absolute Gasteiger partial charge is 0.0741 e. The van der Waals surface area contributed by atoms with Crippen LogP contribution in [-0.4, -0.2) is 16.6 Å². The van der Waals surface area contributed by atoms with Crippen molar-refractivity contribution in [2.24, 2.45) is 0 Å². The lowest BCUT2D eigenvalue weighted by molar-refractivity contribution is 0.168. The first kappa shape index (κ1) is 6.12. The number of allylic oxidation sites excluding steroid dienone is 1. The molecule has 1 N–H and O–H groups in total. The van der Waals surface area contributed by atoms with E-state index in [-0.39, 0.29) is 11.5 Å². The maximum atomic E-state index is 8.99. The van der Waals surface area contributed by atoms with Crippen LogP contribution in [0, 0.1) is 0 Å². The van der Waals surface area contributed by atoms with Gasteiger partial charge in [0.1, 0.15) is 0 Å². The van der Waals surface area contributed by atoms with Crippen LogP contribution in [0.2, 0.25) is 0 Å². The summed E-state index contributed by atoms with van der Waals surface area (Å²) in [4.78, 5) is 0. The number of aliphatic hydroxyl groups is 1. The Kier molecular flexibility index (Phi) is 1.92. The summed E-state index contributed by atoms with van der Waals surface area (Å²) in [6.45, 7) is 0. The first-order chi connectivity index (χ1) is 3.80. The highest BCUT2D eigenvalue weighted by Gasteiger charge is 2.15. The number of alkyl halides is 1. The summed E-state index contributed by atoms with van der Waals surface area (Å²) in [5, 5.41) is 8.94. The van der Waals surface area contributed by atoms with Gasteiger partial charge >= 0.3 is 0 Å². The summed E-state index contributed by atoms with van der Waals surface area (Å²) in [5.41, 5.74) is 0. The van der Waals surface area contributed by atoms with Crippen LogP contribution in [0.1, 0.15) is 12.8 Å². The van der Waals surface area contributed by atoms with E-state index in [2.05, 4.69) is 0 Å². The number of aliphatic hydroxyl groups excluding tert-OH is 1. The van der Waals surface area contributed by atoms with Crippen molar-refractivity contribution in [1.82, 2.24) is 0 Å². The van der Waals surface area contributed by atoms with Crippen LogP contribution in [0.4, 0.5) is 0 Å². The van der Waals surface area contributed by atoms with Gasteiger partial charge in [0, 0.05) is 0 Å². The molecule has 1 nitrogen and oxygen atoms in total. The van der Waals surface area contributed by atoms with Crippen molar-refractivity contribution in [3.63, 3.8) is 0 Å². The third kappa shape index (κ3) is 1.23. The molecule has 0 saturated carbocycles. The highest BCUT2D eigenvalue weighted by atomic mass is 35.5. The maximum Gasteiger partial charge on any atom is 0.0741 e. The van der Waals surface area contributed by atoms with E-state index in [9.17, 15) is 0 Å². The van der Waals surface area contributed by atoms with E-state index >= 15 is 0 Å². The van der Waals surface area contributed by atoms with Gasteiger partial charge in [0.25, 0.3) is 0 Å². The van der Waals surface area contributed by atoms with E-state index in [1.54, 1.807) is 0 Å². The largest absolute Gasteiger partial charge is 0.391 e. The molecule has 0 aliphatic heterocycles. The van der Waals surface area contributed by atoms with Gasteiger partial charge in [-0.05, 0) is 12.8 Å². The zero-order chi connectivity index (χ0) is 5.98. The van der Waals surface area contributed by atoms with Crippen molar-refractivity contribution in [2.75, 3.05) is 0 Å². The lowest BCUT2D eigenvalue weighted by Crippen LogP contribution is -2.21. The molecule has 1 aliphatic rings. The lowest BCUT2D eigenvalue weighted by atomic mass is 10.0. The minimum atomic E-state index is -0.318. The summed E-state index contributed by atoms with van der Waals surface area (Å²) < 4.78 is 0. The highest BCUT2D eigenvalue weighted by Crippen LogP contribution is 2.16. The van der Waals surface area contributed by atoms with Crippen LogP contribution in [-0.2, 0) is 0 Å². The van der Waals surface area contributed by atoms with Gasteiger partial charge in [-0.3, -0.25) is 0 Å². The summed E-state index contributed by atoms with van der Waals surface area (Å²) in [6.07, 6.45) is 5.17. The molecule has 0 saturated heterocycles. The molecule has 2 heteroatoms. The SMILES string of the molecule is OC1CC=CCC1Cl. The first-order valence-corrected chi connectivity index (χ1v) is 3.21. The fourth-order valence-corrected chi connectivity index (χ4v) is 0.972. The van der Waals surface area contributed by atoms with Gasteiger partial charge in [0.2, 0.25) is 0 Å². The molecule has 1 rings (SSSR count). The molecule has 0 bridgehead atoms. The van der Waals surface area contributed by atoms with Crippen molar-refractivity contribution in [3.8, 4) is 0 Å². The van der Waals surface area contributed by atoms with Gasteiger partial charge < -0.3 is 5.11 Å². The van der Waals surface area contributed by atoms with Crippen molar-refractivity contribution < 1.29 is 5.11 Å². The third-order valence-electron chi connectivity index (χ3n) is 1.32. The van der Waals surface area contributed by atoms with E-state index < -0.39 is 0 Å². The zero-order valence-electron chi connectivity index (χ0n) is 4.55. The van der Waals surface area contributed by atoms with Gasteiger partial charge in [-0.1, -0.05) is 12.2 Å². The Bertz CT molecular complexity index is 88.7. The van der Waals surface area contributed by atoms with E-state index in [0.717, 1.165) is 6.42 Å². The molecular weight excluding hydrogens is 124 g/mol. The molecule has 46 valence electrons. The minimum absolute atomic E-state index is 0.0556. The predicted molar refractivity (Wildman–Crippen MR) is 34.0 cm³/mol. The second-order valence-corrected chi connectivity index (χ2v) is 2.59. The first-order valence-electron chi connectivity index (χ1n) is 2.78. The summed E-state index contributed by atoms with van der Waals surface area (Å²) in [6, 6.07) is 0. The van der Waals surface area contributed by atoms with Crippen LogP contribution < -0.4 is 0 Å². The van der Waals surface area contributed by atoms with Crippen molar-refractivity contribution in [3.05, 3.63) is 12.2 Å². The third-order valence-corrected chi connectivity index (χ3v) is 1.79. The summed E-state index contributed by atoms with van der Waals surface area (Å²) in [7, 11) is 0. The maximum absolute atomic E-state index is 8.99. The van der Waals surface area contributed by atoms with Crippen LogP contribution in [0.25, 0.3) is 0 Å². The molecule has 8 heavy (non-hydrogen) atoms. The molecule has 0 radical (unpaired) electrons. The Hall–Kier alpha value is -0.0100. The molecule has 0 fully saturated rings. The number of halogens is 1. The minimum Gasteiger partial charge on any atom is -0.391 e. The number of hydrogen-bond donors (Lipinski definition) is 1. The average Bonchev–Trinajstić information content (AvgIpc) is 1.77. The van der Waals surface area contributed by atoms with Crippen molar-refractivity contribution >= 4 is 11.6 Å². The van der Waals surface area contributed by atoms with Crippen molar-refractivity contribution in [1.29, 1.82) is 0 Å². The van der Waals surface area contributed by atoms with Crippen LogP contribution >= 0.6 is 11.6 Å². The Balaban J connectivity index is 2.44. The van der Waals surface area contributed by atoms with Crippen molar-refractivity contribution in [2.45, 2.75) is 24.3 Å². The highest BCUT2D eigenvalue weighted by molar-refractivity contribution is 6.21. The monoisotopic (exact) mass is 132 g/mol. The van der Waals surface area contributed by atoms with Gasteiger partial charge in [-0.15, -0.1) is 11.6 Å². The average molecular weight is 133 g/mol. The topological polar surface area (TPSA) is 20.2 Å². The molecule has 0 aromatic carbocycles. The Morgan fingerprint density at radius 2 is 2.00 bits per heavy atom. The van der Waals surface area contributed by atoms with Crippen LogP contribution in [0.5, 0.6) is 0 Å². The fourth-order valence-electron chi connectivity index (χ4n) is 0.767. The second-order valence-electron chi connectivity index (χ2n) is 2.03. The predicted octanol–water partition coefficient (Wildman–Crippen LogP) is 1.30. The van der Waals surface area contributed by atoms with Gasteiger partial charge in [0.15, 0.2) is 0 Å². The molecule has 1 aliphatic carbocycles. The number of hydrogen-bond acceptors (Lipinski definition) is 1. The van der Waals surface area contributed by atoms with Gasteiger partial charge in [0.05, 0.1) is 11.5 Å².